The number of benzene rings is 1. The summed E-state index contributed by atoms with van der Waals surface area (Å²) in [6.07, 6.45) is 8.59. The van der Waals surface area contributed by atoms with Crippen molar-refractivity contribution in [1.82, 2.24) is 25.2 Å². The lowest BCUT2D eigenvalue weighted by Gasteiger charge is -2.11. The van der Waals surface area contributed by atoms with E-state index >= 15 is 0 Å². The quantitative estimate of drug-likeness (QED) is 0.480. The Morgan fingerprint density at radius 1 is 1.26 bits per heavy atom. The number of nitrogens with one attached hydrogen (secondary N) is 3. The summed E-state index contributed by atoms with van der Waals surface area (Å²) in [5, 5.41) is 7.95. The summed E-state index contributed by atoms with van der Waals surface area (Å²) in [5.74, 6) is 0.824. The van der Waals surface area contributed by atoms with Crippen LogP contribution in [0.2, 0.25) is 0 Å². The van der Waals surface area contributed by atoms with Gasteiger partial charge in [0.05, 0.1) is 6.33 Å². The summed E-state index contributed by atoms with van der Waals surface area (Å²) in [6.45, 7) is 2.51. The predicted molar refractivity (Wildman–Crippen MR) is 93.6 cm³/mol. The number of aromatic amines is 1. The normalized spacial score (nSPS) is 11.8. The second-order valence-electron chi connectivity index (χ2n) is 5.34. The predicted octanol–water partition coefficient (Wildman–Crippen LogP) is 1.77. The Morgan fingerprint density at radius 2 is 2.13 bits per heavy atom. The first kappa shape index (κ1) is 15.1. The van der Waals surface area contributed by atoms with Crippen LogP contribution in [0.25, 0.3) is 10.9 Å². The number of nitrogens with zero attached hydrogens (tertiary/aromatic N) is 3. The molecule has 23 heavy (non-hydrogen) atoms. The van der Waals surface area contributed by atoms with Gasteiger partial charge in [0, 0.05) is 56.2 Å². The highest BCUT2D eigenvalue weighted by atomic mass is 15.2. The first-order valence-corrected chi connectivity index (χ1v) is 7.82. The molecule has 0 aliphatic rings. The minimum atomic E-state index is 0.809. The van der Waals surface area contributed by atoms with E-state index in [4.69, 9.17) is 0 Å². The van der Waals surface area contributed by atoms with Crippen molar-refractivity contribution >= 4 is 16.9 Å². The summed E-state index contributed by atoms with van der Waals surface area (Å²) in [6, 6.07) is 8.37. The van der Waals surface area contributed by atoms with Crippen LogP contribution in [0.15, 0.2) is 54.2 Å². The minimum Gasteiger partial charge on any atom is -0.361 e. The van der Waals surface area contributed by atoms with Crippen molar-refractivity contribution in [2.75, 3.05) is 20.1 Å². The average molecular weight is 310 g/mol. The van der Waals surface area contributed by atoms with Gasteiger partial charge in [0.25, 0.3) is 0 Å². The third kappa shape index (κ3) is 3.91. The Balaban J connectivity index is 1.45. The molecule has 0 spiro atoms. The highest BCUT2D eigenvalue weighted by molar-refractivity contribution is 5.83. The summed E-state index contributed by atoms with van der Waals surface area (Å²) in [5.41, 5.74) is 2.51. The molecule has 2 aromatic heterocycles. The zero-order valence-corrected chi connectivity index (χ0v) is 13.3. The number of hydrogen-bond donors (Lipinski definition) is 3. The molecule has 1 aromatic carbocycles. The maximum Gasteiger partial charge on any atom is 0.191 e. The van der Waals surface area contributed by atoms with E-state index in [1.54, 1.807) is 13.2 Å². The SMILES string of the molecule is CN=C(NCCc1c[nH]c2ccccc12)NCCn1ccnc1. The Kier molecular flexibility index (Phi) is 4.93. The fourth-order valence-electron chi connectivity index (χ4n) is 2.60. The van der Waals surface area contributed by atoms with Gasteiger partial charge in [-0.05, 0) is 18.1 Å². The van der Waals surface area contributed by atoms with Crippen molar-refractivity contribution in [2.45, 2.75) is 13.0 Å². The van der Waals surface area contributed by atoms with Gasteiger partial charge in [0.15, 0.2) is 5.96 Å². The summed E-state index contributed by atoms with van der Waals surface area (Å²) in [4.78, 5) is 11.6. The van der Waals surface area contributed by atoms with Crippen molar-refractivity contribution in [3.63, 3.8) is 0 Å². The van der Waals surface area contributed by atoms with Gasteiger partial charge in [-0.15, -0.1) is 0 Å². The number of para-hydroxylation sites is 1. The lowest BCUT2D eigenvalue weighted by molar-refractivity contribution is 0.661. The Labute approximate surface area is 135 Å². The summed E-state index contributed by atoms with van der Waals surface area (Å²) < 4.78 is 2.03. The van der Waals surface area contributed by atoms with E-state index in [2.05, 4.69) is 50.0 Å². The molecule has 0 atom stereocenters. The zero-order chi connectivity index (χ0) is 15.9. The van der Waals surface area contributed by atoms with Crippen LogP contribution >= 0.6 is 0 Å². The molecule has 6 nitrogen and oxygen atoms in total. The van der Waals surface area contributed by atoms with Crippen molar-refractivity contribution in [3.8, 4) is 0 Å². The fraction of sp³-hybridized carbons (Fsp3) is 0.294. The molecule has 2 heterocycles. The lowest BCUT2D eigenvalue weighted by atomic mass is 10.1. The van der Waals surface area contributed by atoms with Crippen LogP contribution in [0.3, 0.4) is 0 Å². The van der Waals surface area contributed by atoms with Crippen LogP contribution < -0.4 is 10.6 Å². The van der Waals surface area contributed by atoms with Crippen LogP contribution in [-0.2, 0) is 13.0 Å². The minimum absolute atomic E-state index is 0.809. The largest absolute Gasteiger partial charge is 0.361 e. The molecule has 3 rings (SSSR count). The van der Waals surface area contributed by atoms with Crippen LogP contribution in [0, 0.1) is 0 Å². The van der Waals surface area contributed by atoms with Gasteiger partial charge in [-0.3, -0.25) is 4.99 Å². The Bertz CT molecular complexity index is 756. The molecule has 3 N–H and O–H groups in total. The van der Waals surface area contributed by atoms with Gasteiger partial charge < -0.3 is 20.2 Å². The lowest BCUT2D eigenvalue weighted by Crippen LogP contribution is -2.39. The van der Waals surface area contributed by atoms with Crippen LogP contribution in [0.5, 0.6) is 0 Å². The van der Waals surface area contributed by atoms with E-state index in [0.717, 1.165) is 32.0 Å². The van der Waals surface area contributed by atoms with Gasteiger partial charge in [0.2, 0.25) is 0 Å². The standard InChI is InChI=1S/C17H22N6/c1-18-17(21-9-11-23-10-8-19-13-23)20-7-6-14-12-22-16-5-3-2-4-15(14)16/h2-5,8,10,12-13,22H,6-7,9,11H2,1H3,(H2,18,20,21). The number of guanidine groups is 1. The molecule has 0 fully saturated rings. The Hall–Kier alpha value is -2.76. The fourth-order valence-corrected chi connectivity index (χ4v) is 2.60. The molecule has 3 aromatic rings. The summed E-state index contributed by atoms with van der Waals surface area (Å²) >= 11 is 0. The van der Waals surface area contributed by atoms with E-state index in [9.17, 15) is 0 Å². The van der Waals surface area contributed by atoms with E-state index in [1.807, 2.05) is 23.2 Å². The smallest absolute Gasteiger partial charge is 0.191 e. The van der Waals surface area contributed by atoms with Crippen molar-refractivity contribution in [2.24, 2.45) is 4.99 Å². The molecule has 0 amide bonds. The molecule has 0 aliphatic heterocycles. The molecule has 0 radical (unpaired) electrons. The van der Waals surface area contributed by atoms with Crippen LogP contribution in [-0.4, -0.2) is 40.6 Å². The monoisotopic (exact) mass is 310 g/mol. The molecule has 120 valence electrons. The third-order valence-corrected chi connectivity index (χ3v) is 3.81. The first-order chi connectivity index (χ1) is 11.4. The molecule has 0 bridgehead atoms. The third-order valence-electron chi connectivity index (χ3n) is 3.81. The van der Waals surface area contributed by atoms with Crippen LogP contribution in [0.4, 0.5) is 0 Å². The first-order valence-electron chi connectivity index (χ1n) is 7.82. The number of rotatable bonds is 6. The number of H-pyrrole nitrogens is 1. The van der Waals surface area contributed by atoms with Crippen molar-refractivity contribution < 1.29 is 0 Å². The van der Waals surface area contributed by atoms with Crippen molar-refractivity contribution in [3.05, 3.63) is 54.7 Å². The van der Waals surface area contributed by atoms with Gasteiger partial charge in [0.1, 0.15) is 0 Å². The number of aromatic nitrogens is 3. The zero-order valence-electron chi connectivity index (χ0n) is 13.3. The van der Waals surface area contributed by atoms with Crippen LogP contribution in [0.1, 0.15) is 5.56 Å². The molecule has 0 unspecified atom stereocenters. The topological polar surface area (TPSA) is 70.0 Å². The van der Waals surface area contributed by atoms with Gasteiger partial charge in [-0.2, -0.15) is 0 Å². The Morgan fingerprint density at radius 3 is 2.96 bits per heavy atom. The van der Waals surface area contributed by atoms with Crippen molar-refractivity contribution in [1.29, 1.82) is 0 Å². The van der Waals surface area contributed by atoms with Gasteiger partial charge in [-0.25, -0.2) is 4.98 Å². The number of imidazole rings is 1. The van der Waals surface area contributed by atoms with Gasteiger partial charge >= 0.3 is 0 Å². The maximum absolute atomic E-state index is 4.25. The van der Waals surface area contributed by atoms with E-state index in [-0.39, 0.29) is 0 Å². The molecule has 0 saturated carbocycles. The second-order valence-corrected chi connectivity index (χ2v) is 5.34. The molecule has 6 heteroatoms. The molecular formula is C17H22N6. The molecular weight excluding hydrogens is 288 g/mol. The highest BCUT2D eigenvalue weighted by Gasteiger charge is 2.03. The molecule has 0 aliphatic carbocycles. The maximum atomic E-state index is 4.25. The number of aliphatic imine (C=N–C) groups is 1. The van der Waals surface area contributed by atoms with E-state index in [1.165, 1.54) is 16.5 Å². The van der Waals surface area contributed by atoms with E-state index in [0.29, 0.717) is 0 Å². The highest BCUT2D eigenvalue weighted by Crippen LogP contribution is 2.17. The van der Waals surface area contributed by atoms with E-state index < -0.39 is 0 Å². The number of fused-ring (bicyclic) bond motifs is 1. The van der Waals surface area contributed by atoms with Gasteiger partial charge in [-0.1, -0.05) is 18.2 Å². The summed E-state index contributed by atoms with van der Waals surface area (Å²) in [7, 11) is 1.79. The number of hydrogen-bond acceptors (Lipinski definition) is 2. The molecule has 0 saturated heterocycles. The average Bonchev–Trinajstić information content (AvgIpc) is 3.23. The second kappa shape index (κ2) is 7.49.